The number of imidazole rings is 1. The summed E-state index contributed by atoms with van der Waals surface area (Å²) in [5.41, 5.74) is 1.55. The van der Waals surface area contributed by atoms with E-state index in [1.807, 2.05) is 24.4 Å². The minimum atomic E-state index is -0.518. The van der Waals surface area contributed by atoms with Gasteiger partial charge in [0.25, 0.3) is 0 Å². The number of aliphatic hydroxyl groups excluding tert-OH is 1. The Morgan fingerprint density at radius 2 is 2.00 bits per heavy atom. The molecule has 2 aliphatic rings. The molecule has 7 heteroatoms. The summed E-state index contributed by atoms with van der Waals surface area (Å²) in [7, 11) is 1.36. The van der Waals surface area contributed by atoms with Gasteiger partial charge in [0, 0.05) is 19.3 Å². The van der Waals surface area contributed by atoms with Crippen molar-refractivity contribution in [2.24, 2.45) is 11.8 Å². The van der Waals surface area contributed by atoms with Gasteiger partial charge >= 0.3 is 5.97 Å². The molecule has 5 rings (SSSR count). The predicted octanol–water partition coefficient (Wildman–Crippen LogP) is 2.77. The zero-order chi connectivity index (χ0) is 21.4. The summed E-state index contributed by atoms with van der Waals surface area (Å²) in [5.74, 6) is 2.17. The second-order valence-electron chi connectivity index (χ2n) is 8.60. The molecule has 1 aliphatic carbocycles. The molecule has 1 aliphatic heterocycles. The average molecular weight is 421 g/mol. The van der Waals surface area contributed by atoms with Crippen molar-refractivity contribution in [3.8, 4) is 5.75 Å². The number of nitrogens with zero attached hydrogens (tertiary/aromatic N) is 3. The number of pyridine rings is 1. The highest BCUT2D eigenvalue weighted by atomic mass is 16.5. The highest BCUT2D eigenvalue weighted by Crippen LogP contribution is 2.38. The molecule has 0 radical (unpaired) electrons. The van der Waals surface area contributed by atoms with Gasteiger partial charge in [0.05, 0.1) is 37.0 Å². The van der Waals surface area contributed by atoms with Gasteiger partial charge in [-0.15, -0.1) is 0 Å². The number of ether oxygens (including phenoxy) is 2. The monoisotopic (exact) mass is 421 g/mol. The summed E-state index contributed by atoms with van der Waals surface area (Å²) < 4.78 is 13.0. The van der Waals surface area contributed by atoms with Crippen LogP contribution in [0.1, 0.15) is 29.0 Å². The fourth-order valence-corrected chi connectivity index (χ4v) is 5.05. The highest BCUT2D eigenvalue weighted by Gasteiger charge is 2.42. The lowest BCUT2D eigenvalue weighted by Gasteiger charge is -2.35. The van der Waals surface area contributed by atoms with Gasteiger partial charge in [0.1, 0.15) is 17.7 Å². The van der Waals surface area contributed by atoms with E-state index in [2.05, 4.69) is 26.5 Å². The number of benzene rings is 1. The van der Waals surface area contributed by atoms with E-state index in [1.54, 1.807) is 18.2 Å². The first-order chi connectivity index (χ1) is 15.1. The molecule has 0 bridgehead atoms. The molecule has 1 N–H and O–H groups in total. The van der Waals surface area contributed by atoms with Crippen LogP contribution in [-0.2, 0) is 11.3 Å². The first-order valence-corrected chi connectivity index (χ1v) is 10.8. The number of carbonyl (C=O) groups excluding carboxylic acids is 1. The van der Waals surface area contributed by atoms with Crippen LogP contribution in [0.3, 0.4) is 0 Å². The van der Waals surface area contributed by atoms with E-state index < -0.39 is 12.1 Å². The predicted molar refractivity (Wildman–Crippen MR) is 115 cm³/mol. The summed E-state index contributed by atoms with van der Waals surface area (Å²) in [6.45, 7) is 2.74. The molecule has 4 atom stereocenters. The maximum atomic E-state index is 11.8. The van der Waals surface area contributed by atoms with Crippen LogP contribution in [0.2, 0.25) is 0 Å². The number of likely N-dealkylation sites (tertiary alicyclic amines) is 1. The minimum absolute atomic E-state index is 0.277. The quantitative estimate of drug-likeness (QED) is 0.639. The molecule has 3 aromatic rings. The molecule has 2 fully saturated rings. The van der Waals surface area contributed by atoms with E-state index in [-0.39, 0.29) is 6.10 Å². The Hall–Kier alpha value is -2.90. The van der Waals surface area contributed by atoms with Gasteiger partial charge in [-0.2, -0.15) is 0 Å². The van der Waals surface area contributed by atoms with E-state index >= 15 is 0 Å². The maximum absolute atomic E-state index is 11.8. The summed E-state index contributed by atoms with van der Waals surface area (Å²) in [6, 6.07) is 13.1. The SMILES string of the molecule is COC(=O)c1cccc(O[C@@H]2C[C@@H]3CN(Cc4ncc5ccccn45)C[C@@H]3C[C@H]2O)c1. The van der Waals surface area contributed by atoms with Gasteiger partial charge < -0.3 is 19.0 Å². The third-order valence-electron chi connectivity index (χ3n) is 6.58. The second-order valence-corrected chi connectivity index (χ2v) is 8.60. The Morgan fingerprint density at radius 3 is 2.84 bits per heavy atom. The zero-order valence-electron chi connectivity index (χ0n) is 17.6. The van der Waals surface area contributed by atoms with Crippen LogP contribution < -0.4 is 4.74 Å². The van der Waals surface area contributed by atoms with Crippen LogP contribution in [-0.4, -0.2) is 57.8 Å². The van der Waals surface area contributed by atoms with Crippen LogP contribution in [0.5, 0.6) is 5.75 Å². The Bertz CT molecular complexity index is 1080. The molecule has 2 aromatic heterocycles. The molecule has 162 valence electrons. The molecule has 3 heterocycles. The number of aliphatic hydroxyl groups is 1. The number of aromatic nitrogens is 2. The smallest absolute Gasteiger partial charge is 0.337 e. The molecule has 0 spiro atoms. The van der Waals surface area contributed by atoms with Crippen LogP contribution in [0.4, 0.5) is 0 Å². The van der Waals surface area contributed by atoms with Crippen molar-refractivity contribution < 1.29 is 19.4 Å². The number of hydrogen-bond acceptors (Lipinski definition) is 6. The van der Waals surface area contributed by atoms with Crippen molar-refractivity contribution in [3.05, 3.63) is 66.2 Å². The van der Waals surface area contributed by atoms with Crippen molar-refractivity contribution in [3.63, 3.8) is 0 Å². The average Bonchev–Trinajstić information content (AvgIpc) is 3.37. The first kappa shape index (κ1) is 20.0. The van der Waals surface area contributed by atoms with Gasteiger partial charge in [-0.05, 0) is 55.0 Å². The van der Waals surface area contributed by atoms with Crippen LogP contribution in [0.25, 0.3) is 5.52 Å². The third kappa shape index (κ3) is 4.03. The number of carbonyl (C=O) groups is 1. The van der Waals surface area contributed by atoms with E-state index in [0.29, 0.717) is 23.1 Å². The van der Waals surface area contributed by atoms with Gasteiger partial charge in [-0.25, -0.2) is 9.78 Å². The molecule has 0 unspecified atom stereocenters. The fourth-order valence-electron chi connectivity index (χ4n) is 5.05. The molecule has 1 saturated heterocycles. The topological polar surface area (TPSA) is 76.3 Å². The van der Waals surface area contributed by atoms with Crippen molar-refractivity contribution >= 4 is 11.5 Å². The van der Waals surface area contributed by atoms with Crippen molar-refractivity contribution in [2.45, 2.75) is 31.6 Å². The van der Waals surface area contributed by atoms with Gasteiger partial charge in [0.2, 0.25) is 0 Å². The van der Waals surface area contributed by atoms with E-state index in [1.165, 1.54) is 7.11 Å². The Labute approximate surface area is 181 Å². The van der Waals surface area contributed by atoms with Gasteiger partial charge in [0.15, 0.2) is 0 Å². The highest BCUT2D eigenvalue weighted by molar-refractivity contribution is 5.89. The normalized spacial score (nSPS) is 26.0. The second kappa shape index (κ2) is 8.32. The van der Waals surface area contributed by atoms with Crippen LogP contribution >= 0.6 is 0 Å². The maximum Gasteiger partial charge on any atom is 0.337 e. The fraction of sp³-hybridized carbons (Fsp3) is 0.417. The number of fused-ring (bicyclic) bond motifs is 2. The lowest BCUT2D eigenvalue weighted by molar-refractivity contribution is -0.0231. The minimum Gasteiger partial charge on any atom is -0.488 e. The zero-order valence-corrected chi connectivity index (χ0v) is 17.6. The molecule has 1 aromatic carbocycles. The van der Waals surface area contributed by atoms with E-state index in [4.69, 9.17) is 9.47 Å². The lowest BCUT2D eigenvalue weighted by atomic mass is 9.78. The summed E-state index contributed by atoms with van der Waals surface area (Å²) in [5, 5.41) is 10.7. The van der Waals surface area contributed by atoms with E-state index in [9.17, 15) is 9.90 Å². The number of esters is 1. The molecular formula is C24H27N3O4. The standard InChI is InChI=1S/C24H27N3O4/c1-30-24(29)16-5-4-7-20(9-16)31-22-11-18-14-26(13-17(18)10-21(22)28)15-23-25-12-19-6-2-3-8-27(19)23/h2-9,12,17-18,21-22,28H,10-11,13-15H2,1H3/t17-,18+,21+,22+/m0/s1. The lowest BCUT2D eigenvalue weighted by Crippen LogP contribution is -2.42. The first-order valence-electron chi connectivity index (χ1n) is 10.8. The Morgan fingerprint density at radius 1 is 1.16 bits per heavy atom. The number of hydrogen-bond donors (Lipinski definition) is 1. The third-order valence-corrected chi connectivity index (χ3v) is 6.58. The van der Waals surface area contributed by atoms with Crippen molar-refractivity contribution in [2.75, 3.05) is 20.2 Å². The molecule has 7 nitrogen and oxygen atoms in total. The Kier molecular flexibility index (Phi) is 5.38. The molecule has 1 saturated carbocycles. The van der Waals surface area contributed by atoms with E-state index in [0.717, 1.165) is 43.8 Å². The number of rotatable bonds is 5. The molecule has 31 heavy (non-hydrogen) atoms. The van der Waals surface area contributed by atoms with Gasteiger partial charge in [-0.1, -0.05) is 12.1 Å². The van der Waals surface area contributed by atoms with Gasteiger partial charge in [-0.3, -0.25) is 4.90 Å². The van der Waals surface area contributed by atoms with Crippen LogP contribution in [0, 0.1) is 11.8 Å². The summed E-state index contributed by atoms with van der Waals surface area (Å²) in [6.07, 6.45) is 4.69. The summed E-state index contributed by atoms with van der Waals surface area (Å²) >= 11 is 0. The Balaban J connectivity index is 1.24. The number of methoxy groups -OCH3 is 1. The van der Waals surface area contributed by atoms with Crippen LogP contribution in [0.15, 0.2) is 54.9 Å². The molecular weight excluding hydrogens is 394 g/mol. The van der Waals surface area contributed by atoms with Crippen molar-refractivity contribution in [1.82, 2.24) is 14.3 Å². The summed E-state index contributed by atoms with van der Waals surface area (Å²) in [4.78, 5) is 18.8. The largest absolute Gasteiger partial charge is 0.488 e. The molecule has 0 amide bonds. The van der Waals surface area contributed by atoms with Crippen molar-refractivity contribution in [1.29, 1.82) is 0 Å².